The number of hydrogen-bond donors (Lipinski definition) is 2. The van der Waals surface area contributed by atoms with E-state index < -0.39 is 30.0 Å². The van der Waals surface area contributed by atoms with Crippen LogP contribution in [0.5, 0.6) is 5.75 Å². The molecule has 0 fully saturated rings. The van der Waals surface area contributed by atoms with Crippen molar-refractivity contribution in [3.63, 3.8) is 0 Å². The third-order valence-corrected chi connectivity index (χ3v) is 3.61. The molecule has 1 unspecified atom stereocenters. The summed E-state index contributed by atoms with van der Waals surface area (Å²) in [6, 6.07) is 8.38. The Bertz CT molecular complexity index is 843. The second-order valence-electron chi connectivity index (χ2n) is 5.43. The highest BCUT2D eigenvalue weighted by Crippen LogP contribution is 2.32. The number of aliphatic hydroxyl groups is 1. The molecule has 0 saturated heterocycles. The topological polar surface area (TPSA) is 96.8 Å². The van der Waals surface area contributed by atoms with Gasteiger partial charge in [-0.1, -0.05) is 23.4 Å². The molecule has 7 nitrogen and oxygen atoms in total. The van der Waals surface area contributed by atoms with Gasteiger partial charge in [0.05, 0.1) is 6.20 Å². The smallest absolute Gasteiger partial charge is 0.315 e. The molecule has 3 rings (SSSR count). The van der Waals surface area contributed by atoms with Gasteiger partial charge in [0.1, 0.15) is 30.0 Å². The van der Waals surface area contributed by atoms with E-state index in [1.54, 1.807) is 18.2 Å². The fourth-order valence-electron chi connectivity index (χ4n) is 2.18. The molecule has 2 heterocycles. The number of tetrazole rings is 1. The zero-order valence-corrected chi connectivity index (χ0v) is 13.3. The quantitative estimate of drug-likeness (QED) is 0.665. The van der Waals surface area contributed by atoms with Crippen molar-refractivity contribution < 1.29 is 23.0 Å². The van der Waals surface area contributed by atoms with E-state index in [1.807, 2.05) is 0 Å². The molecular weight excluding hydrogens is 351 g/mol. The van der Waals surface area contributed by atoms with Crippen molar-refractivity contribution in [1.29, 1.82) is 0 Å². The first-order valence-corrected chi connectivity index (χ1v) is 7.57. The Morgan fingerprint density at radius 1 is 1.19 bits per heavy atom. The van der Waals surface area contributed by atoms with E-state index in [2.05, 4.69) is 25.6 Å². The van der Waals surface area contributed by atoms with Crippen LogP contribution in [-0.4, -0.2) is 36.8 Å². The number of nitrogens with zero attached hydrogens (tertiary/aromatic N) is 4. The van der Waals surface area contributed by atoms with Gasteiger partial charge in [0, 0.05) is 12.0 Å². The number of rotatable bonds is 7. The van der Waals surface area contributed by atoms with Gasteiger partial charge in [-0.25, -0.2) is 4.39 Å². The molecule has 10 heteroatoms. The van der Waals surface area contributed by atoms with Crippen molar-refractivity contribution in [3.05, 3.63) is 65.5 Å². The number of halogens is 3. The fourth-order valence-corrected chi connectivity index (χ4v) is 2.18. The summed E-state index contributed by atoms with van der Waals surface area (Å²) in [5.41, 5.74) is -0.302. The van der Waals surface area contributed by atoms with Gasteiger partial charge in [-0.3, -0.25) is 4.98 Å². The van der Waals surface area contributed by atoms with E-state index in [-0.39, 0.29) is 18.2 Å². The van der Waals surface area contributed by atoms with Crippen molar-refractivity contribution in [2.24, 2.45) is 0 Å². The van der Waals surface area contributed by atoms with E-state index in [0.717, 1.165) is 12.3 Å². The van der Waals surface area contributed by atoms with Gasteiger partial charge in [0.2, 0.25) is 0 Å². The van der Waals surface area contributed by atoms with Crippen LogP contribution in [0.15, 0.2) is 42.6 Å². The molecule has 0 saturated carbocycles. The highest BCUT2D eigenvalue weighted by atomic mass is 19.3. The predicted molar refractivity (Wildman–Crippen MR) is 82.8 cm³/mol. The molecule has 0 radical (unpaired) electrons. The average Bonchev–Trinajstić information content (AvgIpc) is 3.14. The summed E-state index contributed by atoms with van der Waals surface area (Å²) >= 11 is 0. The Kier molecular flexibility index (Phi) is 5.12. The number of aliphatic hydroxyl groups excluding tert-OH is 1. The first kappa shape index (κ1) is 17.8. The molecule has 0 aliphatic carbocycles. The minimum absolute atomic E-state index is 0.0398. The van der Waals surface area contributed by atoms with E-state index in [9.17, 15) is 18.3 Å². The van der Waals surface area contributed by atoms with Gasteiger partial charge in [0.25, 0.3) is 0 Å². The molecule has 3 aromatic rings. The van der Waals surface area contributed by atoms with Gasteiger partial charge in [-0.15, -0.1) is 10.2 Å². The Labute approximate surface area is 145 Å². The Morgan fingerprint density at radius 3 is 2.65 bits per heavy atom. The maximum Gasteiger partial charge on any atom is 0.315 e. The number of H-pyrrole nitrogens is 1. The number of aromatic amines is 1. The molecule has 0 amide bonds. The van der Waals surface area contributed by atoms with Crippen molar-refractivity contribution in [2.75, 3.05) is 0 Å². The van der Waals surface area contributed by atoms with E-state index in [0.29, 0.717) is 5.56 Å². The zero-order valence-electron chi connectivity index (χ0n) is 13.3. The van der Waals surface area contributed by atoms with Gasteiger partial charge in [-0.05, 0) is 18.2 Å². The third kappa shape index (κ3) is 3.97. The van der Waals surface area contributed by atoms with Crippen LogP contribution in [0.4, 0.5) is 13.2 Å². The lowest BCUT2D eigenvalue weighted by Crippen LogP contribution is -2.34. The summed E-state index contributed by atoms with van der Waals surface area (Å²) in [4.78, 5) is 3.64. The molecule has 0 spiro atoms. The summed E-state index contributed by atoms with van der Waals surface area (Å²) in [5.74, 6) is -3.89. The van der Waals surface area contributed by atoms with Crippen LogP contribution < -0.4 is 4.74 Å². The van der Waals surface area contributed by atoms with Gasteiger partial charge >= 0.3 is 5.92 Å². The van der Waals surface area contributed by atoms with Crippen molar-refractivity contribution in [3.8, 4) is 5.75 Å². The maximum atomic E-state index is 14.3. The number of aromatic nitrogens is 5. The number of benzene rings is 1. The molecule has 26 heavy (non-hydrogen) atoms. The average molecular weight is 365 g/mol. The standard InChI is InChI=1S/C16H14F3N5O2/c17-12-4-2-1-3-10(12)9-26-11-5-6-13(20-8-11)16(18,19)14(25)7-15-21-23-24-22-15/h1-6,8,14,25H,7,9H2,(H,21,22,23,24). The number of ether oxygens (including phenoxy) is 1. The normalized spacial score (nSPS) is 12.8. The molecule has 0 aliphatic heterocycles. The van der Waals surface area contributed by atoms with E-state index >= 15 is 0 Å². The lowest BCUT2D eigenvalue weighted by molar-refractivity contribution is -0.117. The Hall–Kier alpha value is -3.01. The highest BCUT2D eigenvalue weighted by Gasteiger charge is 2.42. The largest absolute Gasteiger partial charge is 0.487 e. The van der Waals surface area contributed by atoms with E-state index in [1.165, 1.54) is 12.1 Å². The Morgan fingerprint density at radius 2 is 2.00 bits per heavy atom. The van der Waals surface area contributed by atoms with Crippen LogP contribution in [0.25, 0.3) is 0 Å². The lowest BCUT2D eigenvalue weighted by Gasteiger charge is -2.21. The van der Waals surface area contributed by atoms with Crippen LogP contribution >= 0.6 is 0 Å². The summed E-state index contributed by atoms with van der Waals surface area (Å²) in [6.07, 6.45) is -1.47. The van der Waals surface area contributed by atoms with Crippen LogP contribution in [0.3, 0.4) is 0 Å². The third-order valence-electron chi connectivity index (χ3n) is 3.61. The highest BCUT2D eigenvalue weighted by molar-refractivity contribution is 5.24. The molecule has 0 aliphatic rings. The molecule has 136 valence electrons. The first-order valence-electron chi connectivity index (χ1n) is 7.57. The van der Waals surface area contributed by atoms with Crippen LogP contribution in [0.1, 0.15) is 17.1 Å². The molecular formula is C16H14F3N5O2. The minimum atomic E-state index is -3.62. The van der Waals surface area contributed by atoms with Crippen molar-refractivity contribution in [1.82, 2.24) is 25.6 Å². The number of alkyl halides is 2. The monoisotopic (exact) mass is 365 g/mol. The maximum absolute atomic E-state index is 14.3. The second kappa shape index (κ2) is 7.48. The van der Waals surface area contributed by atoms with Crippen molar-refractivity contribution >= 4 is 0 Å². The molecule has 2 N–H and O–H groups in total. The summed E-state index contributed by atoms with van der Waals surface area (Å²) < 4.78 is 47.4. The predicted octanol–water partition coefficient (Wildman–Crippen LogP) is 2.01. The van der Waals surface area contributed by atoms with Gasteiger partial charge in [-0.2, -0.15) is 14.0 Å². The minimum Gasteiger partial charge on any atom is -0.487 e. The van der Waals surface area contributed by atoms with Crippen LogP contribution in [-0.2, 0) is 19.0 Å². The van der Waals surface area contributed by atoms with Gasteiger partial charge in [0.15, 0.2) is 5.82 Å². The fraction of sp³-hybridized carbons (Fsp3) is 0.250. The number of pyridine rings is 1. The Balaban J connectivity index is 1.65. The number of nitrogens with one attached hydrogen (secondary N) is 1. The summed E-state index contributed by atoms with van der Waals surface area (Å²) in [7, 11) is 0. The SMILES string of the molecule is OC(Cc1nn[nH]n1)C(F)(F)c1ccc(OCc2ccccc2F)cn1. The molecule has 0 bridgehead atoms. The van der Waals surface area contributed by atoms with Gasteiger partial charge < -0.3 is 9.84 Å². The summed E-state index contributed by atoms with van der Waals surface area (Å²) in [6.45, 7) is -0.0649. The number of hydrogen-bond acceptors (Lipinski definition) is 6. The molecule has 2 aromatic heterocycles. The van der Waals surface area contributed by atoms with Crippen LogP contribution in [0, 0.1) is 5.82 Å². The lowest BCUT2D eigenvalue weighted by atomic mass is 10.1. The first-order chi connectivity index (χ1) is 12.5. The molecule has 1 aromatic carbocycles. The van der Waals surface area contributed by atoms with Crippen LogP contribution in [0.2, 0.25) is 0 Å². The second-order valence-corrected chi connectivity index (χ2v) is 5.43. The molecule has 1 atom stereocenters. The van der Waals surface area contributed by atoms with Crippen molar-refractivity contribution in [2.45, 2.75) is 25.1 Å². The zero-order chi connectivity index (χ0) is 18.6. The summed E-state index contributed by atoms with van der Waals surface area (Å²) in [5, 5.41) is 22.2. The van der Waals surface area contributed by atoms with E-state index in [4.69, 9.17) is 4.74 Å².